The molecule has 0 spiro atoms. The van der Waals surface area contributed by atoms with Gasteiger partial charge in [0.1, 0.15) is 5.82 Å². The van der Waals surface area contributed by atoms with Crippen LogP contribution in [0.5, 0.6) is 0 Å². The van der Waals surface area contributed by atoms with Crippen LogP contribution in [-0.2, 0) is 11.2 Å². The van der Waals surface area contributed by atoms with E-state index in [4.69, 9.17) is 4.42 Å². The Hall–Kier alpha value is -2.19. The summed E-state index contributed by atoms with van der Waals surface area (Å²) in [5.74, 6) is 0.186. The number of nitrogens with zero attached hydrogens (tertiary/aromatic N) is 2. The van der Waals surface area contributed by atoms with E-state index >= 15 is 0 Å². The van der Waals surface area contributed by atoms with Crippen LogP contribution in [0.4, 0.5) is 4.39 Å². The molecule has 3 aromatic rings. The average Bonchev–Trinajstić information content (AvgIpc) is 3.11. The van der Waals surface area contributed by atoms with Gasteiger partial charge in [-0.05, 0) is 52.2 Å². The Balaban J connectivity index is 1.45. The minimum atomic E-state index is -0.268. The summed E-state index contributed by atoms with van der Waals surface area (Å²) in [5, 5.41) is 11.1. The Morgan fingerprint density at radius 2 is 1.92 bits per heavy atom. The number of aromatic nitrogens is 2. The monoisotopic (exact) mass is 435 g/mol. The number of hydrogen-bond donors (Lipinski definition) is 1. The maximum absolute atomic E-state index is 12.8. The standard InChI is InChI=1S/C18H15BrFN3O2S/c19-15-4-2-1-3-14(15)17-22-23-18(25-17)26-11-16(24)21-10-9-12-5-7-13(20)8-6-12/h1-8H,9-11H2,(H,21,24). The highest BCUT2D eigenvalue weighted by molar-refractivity contribution is 9.10. The highest BCUT2D eigenvalue weighted by Gasteiger charge is 2.13. The molecule has 0 atom stereocenters. The van der Waals surface area contributed by atoms with E-state index in [0.29, 0.717) is 24.1 Å². The van der Waals surface area contributed by atoms with Crippen LogP contribution in [0.3, 0.4) is 0 Å². The zero-order valence-corrected chi connectivity index (χ0v) is 16.0. The van der Waals surface area contributed by atoms with E-state index in [1.165, 1.54) is 23.9 Å². The van der Waals surface area contributed by atoms with Crippen molar-refractivity contribution in [1.29, 1.82) is 0 Å². The second kappa shape index (κ2) is 8.95. The van der Waals surface area contributed by atoms with E-state index in [1.807, 2.05) is 24.3 Å². The van der Waals surface area contributed by atoms with Crippen LogP contribution in [-0.4, -0.2) is 28.4 Å². The van der Waals surface area contributed by atoms with E-state index in [0.717, 1.165) is 15.6 Å². The molecule has 0 aliphatic heterocycles. The first-order chi connectivity index (χ1) is 12.6. The van der Waals surface area contributed by atoms with Gasteiger partial charge in [-0.3, -0.25) is 4.79 Å². The van der Waals surface area contributed by atoms with Crippen LogP contribution in [0.25, 0.3) is 11.5 Å². The first-order valence-corrected chi connectivity index (χ1v) is 9.62. The molecular formula is C18H15BrFN3O2S. The van der Waals surface area contributed by atoms with Gasteiger partial charge in [0.2, 0.25) is 11.8 Å². The third-order valence-electron chi connectivity index (χ3n) is 3.49. The normalized spacial score (nSPS) is 10.7. The smallest absolute Gasteiger partial charge is 0.277 e. The van der Waals surface area contributed by atoms with Crippen LogP contribution in [0.1, 0.15) is 5.56 Å². The van der Waals surface area contributed by atoms with E-state index in [9.17, 15) is 9.18 Å². The molecule has 0 saturated carbocycles. The van der Waals surface area contributed by atoms with Crippen LogP contribution in [0.2, 0.25) is 0 Å². The number of thioether (sulfide) groups is 1. The molecule has 134 valence electrons. The zero-order chi connectivity index (χ0) is 18.4. The predicted octanol–water partition coefficient (Wildman–Crippen LogP) is 4.09. The number of amides is 1. The van der Waals surface area contributed by atoms with Crippen molar-refractivity contribution in [2.45, 2.75) is 11.6 Å². The van der Waals surface area contributed by atoms with Crippen molar-refractivity contribution < 1.29 is 13.6 Å². The molecule has 2 aromatic carbocycles. The lowest BCUT2D eigenvalue weighted by Gasteiger charge is -2.04. The van der Waals surface area contributed by atoms with Crippen LogP contribution in [0, 0.1) is 5.82 Å². The van der Waals surface area contributed by atoms with Gasteiger partial charge >= 0.3 is 0 Å². The topological polar surface area (TPSA) is 68.0 Å². The summed E-state index contributed by atoms with van der Waals surface area (Å²) in [4.78, 5) is 11.9. The fourth-order valence-corrected chi connectivity index (χ4v) is 3.23. The summed E-state index contributed by atoms with van der Waals surface area (Å²) >= 11 is 4.62. The molecule has 0 radical (unpaired) electrons. The summed E-state index contributed by atoms with van der Waals surface area (Å²) in [7, 11) is 0. The summed E-state index contributed by atoms with van der Waals surface area (Å²) < 4.78 is 19.3. The van der Waals surface area contributed by atoms with Gasteiger partial charge in [-0.15, -0.1) is 10.2 Å². The third-order valence-corrected chi connectivity index (χ3v) is 5.00. The minimum absolute atomic E-state index is 0.127. The zero-order valence-electron chi connectivity index (χ0n) is 13.6. The summed E-state index contributed by atoms with van der Waals surface area (Å²) in [6.07, 6.45) is 0.642. The molecule has 0 aliphatic rings. The van der Waals surface area contributed by atoms with Crippen molar-refractivity contribution in [3.8, 4) is 11.5 Å². The van der Waals surface area contributed by atoms with Crippen molar-refractivity contribution >= 4 is 33.6 Å². The molecule has 5 nitrogen and oxygen atoms in total. The molecule has 26 heavy (non-hydrogen) atoms. The number of hydrogen-bond acceptors (Lipinski definition) is 5. The van der Waals surface area contributed by atoms with Gasteiger partial charge in [0.25, 0.3) is 5.22 Å². The van der Waals surface area contributed by atoms with E-state index in [2.05, 4.69) is 31.4 Å². The Morgan fingerprint density at radius 1 is 1.15 bits per heavy atom. The molecule has 0 saturated heterocycles. The van der Waals surface area contributed by atoms with Gasteiger partial charge in [-0.2, -0.15) is 0 Å². The fraction of sp³-hybridized carbons (Fsp3) is 0.167. The first kappa shape index (κ1) is 18.6. The number of rotatable bonds is 7. The Bertz CT molecular complexity index is 886. The van der Waals surface area contributed by atoms with Crippen molar-refractivity contribution in [2.24, 2.45) is 0 Å². The Kier molecular flexibility index (Phi) is 6.40. The van der Waals surface area contributed by atoms with Gasteiger partial charge in [0.15, 0.2) is 0 Å². The van der Waals surface area contributed by atoms with Gasteiger partial charge in [0, 0.05) is 11.0 Å². The second-order valence-corrected chi connectivity index (χ2v) is 7.15. The first-order valence-electron chi connectivity index (χ1n) is 7.84. The molecule has 0 bridgehead atoms. The second-order valence-electron chi connectivity index (χ2n) is 5.37. The minimum Gasteiger partial charge on any atom is -0.411 e. The van der Waals surface area contributed by atoms with Gasteiger partial charge in [-0.25, -0.2) is 4.39 Å². The Morgan fingerprint density at radius 3 is 2.69 bits per heavy atom. The molecule has 1 amide bonds. The molecular weight excluding hydrogens is 421 g/mol. The molecule has 0 aliphatic carbocycles. The van der Waals surface area contributed by atoms with Crippen molar-refractivity contribution in [1.82, 2.24) is 15.5 Å². The van der Waals surface area contributed by atoms with Gasteiger partial charge in [-0.1, -0.05) is 36.0 Å². The number of benzene rings is 2. The maximum atomic E-state index is 12.8. The SMILES string of the molecule is O=C(CSc1nnc(-c2ccccc2Br)o1)NCCc1ccc(F)cc1. The summed E-state index contributed by atoms with van der Waals surface area (Å²) in [6.45, 7) is 0.483. The fourth-order valence-electron chi connectivity index (χ4n) is 2.19. The molecule has 1 aromatic heterocycles. The average molecular weight is 436 g/mol. The largest absolute Gasteiger partial charge is 0.411 e. The molecule has 1 N–H and O–H groups in total. The Labute approximate surface area is 162 Å². The lowest BCUT2D eigenvalue weighted by molar-refractivity contribution is -0.118. The summed E-state index contributed by atoms with van der Waals surface area (Å²) in [6, 6.07) is 13.8. The number of halogens is 2. The third kappa shape index (κ3) is 5.15. The quantitative estimate of drug-likeness (QED) is 0.566. The molecule has 8 heteroatoms. The van der Waals surface area contributed by atoms with Crippen molar-refractivity contribution in [3.63, 3.8) is 0 Å². The lowest BCUT2D eigenvalue weighted by Crippen LogP contribution is -2.27. The summed E-state index contributed by atoms with van der Waals surface area (Å²) in [5.41, 5.74) is 1.77. The predicted molar refractivity (Wildman–Crippen MR) is 101 cm³/mol. The van der Waals surface area contributed by atoms with E-state index < -0.39 is 0 Å². The molecule has 0 fully saturated rings. The van der Waals surface area contributed by atoms with E-state index in [1.54, 1.807) is 12.1 Å². The van der Waals surface area contributed by atoms with Crippen LogP contribution >= 0.6 is 27.7 Å². The van der Waals surface area contributed by atoms with Crippen molar-refractivity contribution in [3.05, 3.63) is 64.4 Å². The number of carbonyl (C=O) groups is 1. The van der Waals surface area contributed by atoms with Gasteiger partial charge in [0.05, 0.1) is 11.3 Å². The highest BCUT2D eigenvalue weighted by atomic mass is 79.9. The van der Waals surface area contributed by atoms with E-state index in [-0.39, 0.29) is 17.5 Å². The van der Waals surface area contributed by atoms with Crippen LogP contribution < -0.4 is 5.32 Å². The molecule has 0 unspecified atom stereocenters. The maximum Gasteiger partial charge on any atom is 0.277 e. The molecule has 1 heterocycles. The molecule has 3 rings (SSSR count). The van der Waals surface area contributed by atoms with Gasteiger partial charge < -0.3 is 9.73 Å². The van der Waals surface area contributed by atoms with Crippen molar-refractivity contribution in [2.75, 3.05) is 12.3 Å². The highest BCUT2D eigenvalue weighted by Crippen LogP contribution is 2.28. The number of carbonyl (C=O) groups excluding carboxylic acids is 1. The van der Waals surface area contributed by atoms with Crippen LogP contribution in [0.15, 0.2) is 62.6 Å². The lowest BCUT2D eigenvalue weighted by atomic mass is 10.1. The number of nitrogens with one attached hydrogen (secondary N) is 1.